The van der Waals surface area contributed by atoms with Crippen LogP contribution in [-0.4, -0.2) is 30.2 Å². The molecule has 0 fully saturated rings. The lowest BCUT2D eigenvalue weighted by molar-refractivity contribution is 0.394. The van der Waals surface area contributed by atoms with Gasteiger partial charge in [-0.15, -0.1) is 0 Å². The molecule has 2 atom stereocenters. The van der Waals surface area contributed by atoms with E-state index in [1.54, 1.807) is 7.11 Å². The van der Waals surface area contributed by atoms with Crippen molar-refractivity contribution in [3.63, 3.8) is 0 Å². The SMILES string of the molecule is CNC(C)C(C)c1cc(OC)ncn1. The zero-order chi connectivity index (χ0) is 10.6. The largest absolute Gasteiger partial charge is 0.481 e. The molecule has 0 aliphatic rings. The number of nitrogens with zero attached hydrogens (tertiary/aromatic N) is 2. The van der Waals surface area contributed by atoms with Gasteiger partial charge in [0.25, 0.3) is 0 Å². The van der Waals surface area contributed by atoms with Gasteiger partial charge in [-0.3, -0.25) is 0 Å². The van der Waals surface area contributed by atoms with Crippen LogP contribution in [0.3, 0.4) is 0 Å². The van der Waals surface area contributed by atoms with Crippen molar-refractivity contribution >= 4 is 0 Å². The van der Waals surface area contributed by atoms with Crippen molar-refractivity contribution in [3.05, 3.63) is 18.1 Å². The highest BCUT2D eigenvalue weighted by molar-refractivity contribution is 5.17. The molecule has 1 heterocycles. The highest BCUT2D eigenvalue weighted by atomic mass is 16.5. The zero-order valence-corrected chi connectivity index (χ0v) is 9.11. The normalized spacial score (nSPS) is 14.9. The maximum atomic E-state index is 5.05. The first-order valence-electron chi connectivity index (χ1n) is 4.72. The summed E-state index contributed by atoms with van der Waals surface area (Å²) in [6.45, 7) is 4.25. The van der Waals surface area contributed by atoms with Gasteiger partial charge in [-0.1, -0.05) is 6.92 Å². The highest BCUT2D eigenvalue weighted by Crippen LogP contribution is 2.18. The Bertz CT molecular complexity index is 290. The summed E-state index contributed by atoms with van der Waals surface area (Å²) in [6, 6.07) is 2.26. The van der Waals surface area contributed by atoms with Gasteiger partial charge in [0, 0.05) is 18.0 Å². The fraction of sp³-hybridized carbons (Fsp3) is 0.600. The van der Waals surface area contributed by atoms with Crippen LogP contribution in [0.15, 0.2) is 12.4 Å². The number of aromatic nitrogens is 2. The van der Waals surface area contributed by atoms with Crippen LogP contribution in [0.5, 0.6) is 5.88 Å². The van der Waals surface area contributed by atoms with Gasteiger partial charge in [0.1, 0.15) is 6.33 Å². The average molecular weight is 195 g/mol. The van der Waals surface area contributed by atoms with Crippen molar-refractivity contribution < 1.29 is 4.74 Å². The summed E-state index contributed by atoms with van der Waals surface area (Å²) in [6.07, 6.45) is 1.53. The number of ether oxygens (including phenoxy) is 1. The molecule has 1 N–H and O–H groups in total. The Kier molecular flexibility index (Phi) is 3.83. The first kappa shape index (κ1) is 10.9. The average Bonchev–Trinajstić information content (AvgIpc) is 2.27. The molecule has 0 bridgehead atoms. The molecular formula is C10H17N3O. The Morgan fingerprint density at radius 3 is 2.64 bits per heavy atom. The smallest absolute Gasteiger partial charge is 0.216 e. The monoisotopic (exact) mass is 195 g/mol. The third kappa shape index (κ3) is 2.42. The van der Waals surface area contributed by atoms with Crippen molar-refractivity contribution in [2.45, 2.75) is 25.8 Å². The summed E-state index contributed by atoms with van der Waals surface area (Å²) in [5, 5.41) is 3.20. The minimum Gasteiger partial charge on any atom is -0.481 e. The van der Waals surface area contributed by atoms with E-state index in [-0.39, 0.29) is 0 Å². The molecule has 0 saturated heterocycles. The Morgan fingerprint density at radius 2 is 2.07 bits per heavy atom. The third-order valence-electron chi connectivity index (χ3n) is 2.54. The molecule has 0 radical (unpaired) electrons. The molecule has 2 unspecified atom stereocenters. The lowest BCUT2D eigenvalue weighted by Gasteiger charge is -2.18. The van der Waals surface area contributed by atoms with E-state index in [1.807, 2.05) is 13.1 Å². The van der Waals surface area contributed by atoms with Crippen molar-refractivity contribution in [1.82, 2.24) is 15.3 Å². The van der Waals surface area contributed by atoms with Gasteiger partial charge < -0.3 is 10.1 Å². The van der Waals surface area contributed by atoms with E-state index >= 15 is 0 Å². The molecule has 4 nitrogen and oxygen atoms in total. The van der Waals surface area contributed by atoms with Gasteiger partial charge >= 0.3 is 0 Å². The zero-order valence-electron chi connectivity index (χ0n) is 9.11. The summed E-state index contributed by atoms with van der Waals surface area (Å²) in [7, 11) is 3.55. The minimum absolute atomic E-state index is 0.344. The van der Waals surface area contributed by atoms with Gasteiger partial charge in [0.05, 0.1) is 12.8 Å². The molecule has 1 rings (SSSR count). The molecule has 0 amide bonds. The van der Waals surface area contributed by atoms with Gasteiger partial charge in [-0.25, -0.2) is 9.97 Å². The van der Waals surface area contributed by atoms with Crippen molar-refractivity contribution in [1.29, 1.82) is 0 Å². The predicted octanol–water partition coefficient (Wildman–Crippen LogP) is 1.20. The molecule has 4 heteroatoms. The van der Waals surface area contributed by atoms with Crippen molar-refractivity contribution in [3.8, 4) is 5.88 Å². The van der Waals surface area contributed by atoms with E-state index in [1.165, 1.54) is 6.33 Å². The lowest BCUT2D eigenvalue weighted by Crippen LogP contribution is -2.27. The number of methoxy groups -OCH3 is 1. The van der Waals surface area contributed by atoms with Crippen molar-refractivity contribution in [2.75, 3.05) is 14.2 Å². The number of nitrogens with one attached hydrogen (secondary N) is 1. The Labute approximate surface area is 84.7 Å². The molecule has 78 valence electrons. The topological polar surface area (TPSA) is 47.0 Å². The van der Waals surface area contributed by atoms with Crippen LogP contribution in [0.25, 0.3) is 0 Å². The van der Waals surface area contributed by atoms with E-state index in [2.05, 4.69) is 29.1 Å². The number of hydrogen-bond acceptors (Lipinski definition) is 4. The second kappa shape index (κ2) is 4.91. The van der Waals surface area contributed by atoms with Crippen LogP contribution >= 0.6 is 0 Å². The maximum absolute atomic E-state index is 5.05. The molecule has 0 aromatic carbocycles. The van der Waals surface area contributed by atoms with Crippen LogP contribution < -0.4 is 10.1 Å². The predicted molar refractivity (Wildman–Crippen MR) is 55.5 cm³/mol. The maximum Gasteiger partial charge on any atom is 0.216 e. The molecular weight excluding hydrogens is 178 g/mol. The molecule has 1 aromatic rings. The number of likely N-dealkylation sites (N-methyl/N-ethyl adjacent to an activating group) is 1. The summed E-state index contributed by atoms with van der Waals surface area (Å²) < 4.78 is 5.05. The fourth-order valence-electron chi connectivity index (χ4n) is 1.22. The van der Waals surface area contributed by atoms with Crippen LogP contribution in [0.2, 0.25) is 0 Å². The van der Waals surface area contributed by atoms with Crippen molar-refractivity contribution in [2.24, 2.45) is 0 Å². The fourth-order valence-corrected chi connectivity index (χ4v) is 1.22. The van der Waals surface area contributed by atoms with Gasteiger partial charge in [0.15, 0.2) is 0 Å². The van der Waals surface area contributed by atoms with E-state index < -0.39 is 0 Å². The molecule has 0 spiro atoms. The molecule has 14 heavy (non-hydrogen) atoms. The minimum atomic E-state index is 0.344. The van der Waals surface area contributed by atoms with Crippen LogP contribution in [-0.2, 0) is 0 Å². The molecule has 0 aliphatic heterocycles. The van der Waals surface area contributed by atoms with Crippen LogP contribution in [0, 0.1) is 0 Å². The Hall–Kier alpha value is -1.16. The Balaban J connectivity index is 2.83. The van der Waals surface area contributed by atoms with Gasteiger partial charge in [0.2, 0.25) is 5.88 Å². The van der Waals surface area contributed by atoms with E-state index in [4.69, 9.17) is 4.74 Å². The quantitative estimate of drug-likeness (QED) is 0.784. The third-order valence-corrected chi connectivity index (χ3v) is 2.54. The second-order valence-corrected chi connectivity index (χ2v) is 3.35. The van der Waals surface area contributed by atoms with Crippen LogP contribution in [0.1, 0.15) is 25.5 Å². The summed E-state index contributed by atoms with van der Waals surface area (Å²) in [4.78, 5) is 8.20. The van der Waals surface area contributed by atoms with E-state index in [0.29, 0.717) is 17.8 Å². The van der Waals surface area contributed by atoms with Gasteiger partial charge in [-0.05, 0) is 14.0 Å². The summed E-state index contributed by atoms with van der Waals surface area (Å²) in [5.74, 6) is 0.960. The molecule has 0 aliphatic carbocycles. The first-order valence-corrected chi connectivity index (χ1v) is 4.72. The standard InChI is InChI=1S/C10H17N3O/c1-7(8(2)11-3)9-5-10(14-4)13-6-12-9/h5-8,11H,1-4H3. The first-order chi connectivity index (χ1) is 6.69. The highest BCUT2D eigenvalue weighted by Gasteiger charge is 2.14. The van der Waals surface area contributed by atoms with Crippen LogP contribution in [0.4, 0.5) is 0 Å². The molecule has 1 aromatic heterocycles. The van der Waals surface area contributed by atoms with Gasteiger partial charge in [-0.2, -0.15) is 0 Å². The second-order valence-electron chi connectivity index (χ2n) is 3.35. The lowest BCUT2D eigenvalue weighted by atomic mass is 10.00. The number of rotatable bonds is 4. The number of hydrogen-bond donors (Lipinski definition) is 1. The molecule has 0 saturated carbocycles. The summed E-state index contributed by atoms with van der Waals surface area (Å²) >= 11 is 0. The Morgan fingerprint density at radius 1 is 1.36 bits per heavy atom. The van der Waals surface area contributed by atoms with E-state index in [9.17, 15) is 0 Å². The summed E-state index contributed by atoms with van der Waals surface area (Å²) in [5.41, 5.74) is 0.999. The van der Waals surface area contributed by atoms with E-state index in [0.717, 1.165) is 5.69 Å².